The van der Waals surface area contributed by atoms with Gasteiger partial charge in [-0.3, -0.25) is 9.36 Å². The molecule has 0 saturated heterocycles. The first-order chi connectivity index (χ1) is 14.1. The number of para-hydroxylation sites is 2. The van der Waals surface area contributed by atoms with Crippen molar-refractivity contribution in [3.8, 4) is 11.4 Å². The van der Waals surface area contributed by atoms with Gasteiger partial charge in [-0.1, -0.05) is 53.7 Å². The minimum absolute atomic E-state index is 0.0300. The van der Waals surface area contributed by atoms with E-state index >= 15 is 0 Å². The van der Waals surface area contributed by atoms with Crippen molar-refractivity contribution in [3.05, 3.63) is 80.4 Å². The Morgan fingerprint density at radius 2 is 1.83 bits per heavy atom. The molecule has 29 heavy (non-hydrogen) atoms. The van der Waals surface area contributed by atoms with Crippen molar-refractivity contribution in [2.45, 2.75) is 19.0 Å². The summed E-state index contributed by atoms with van der Waals surface area (Å²) >= 11 is 9.20. The molecular weight excluding hydrogens is 424 g/mol. The lowest BCUT2D eigenvalue weighted by Crippen LogP contribution is -2.22. The van der Waals surface area contributed by atoms with Crippen LogP contribution in [0.3, 0.4) is 0 Å². The van der Waals surface area contributed by atoms with Gasteiger partial charge in [0.2, 0.25) is 0 Å². The SMILES string of the molecule is Cc1sc2nc(SCCOc3ccccc3Cl)n(-c3ccccc3)c(=O)c2c1C. The molecule has 0 aliphatic carbocycles. The van der Waals surface area contributed by atoms with Gasteiger partial charge in [0.15, 0.2) is 5.16 Å². The van der Waals surface area contributed by atoms with Gasteiger partial charge in [-0.05, 0) is 43.7 Å². The molecule has 2 heterocycles. The highest BCUT2D eigenvalue weighted by Gasteiger charge is 2.17. The van der Waals surface area contributed by atoms with Crippen molar-refractivity contribution in [2.24, 2.45) is 0 Å². The molecule has 2 aromatic carbocycles. The van der Waals surface area contributed by atoms with Crippen LogP contribution in [0, 0.1) is 13.8 Å². The number of benzene rings is 2. The van der Waals surface area contributed by atoms with E-state index in [1.165, 1.54) is 11.8 Å². The van der Waals surface area contributed by atoms with Crippen molar-refractivity contribution >= 4 is 44.9 Å². The monoisotopic (exact) mass is 442 g/mol. The van der Waals surface area contributed by atoms with E-state index in [1.807, 2.05) is 62.4 Å². The molecule has 0 N–H and O–H groups in total. The van der Waals surface area contributed by atoms with Gasteiger partial charge in [0.05, 0.1) is 22.7 Å². The largest absolute Gasteiger partial charge is 0.491 e. The Bertz CT molecular complexity index is 1220. The van der Waals surface area contributed by atoms with Crippen LogP contribution in [0.2, 0.25) is 5.02 Å². The number of ether oxygens (including phenoxy) is 1. The molecular formula is C22H19ClN2O2S2. The molecule has 0 amide bonds. The molecule has 0 aliphatic heterocycles. The van der Waals surface area contributed by atoms with Crippen molar-refractivity contribution in [3.63, 3.8) is 0 Å². The maximum atomic E-state index is 13.4. The summed E-state index contributed by atoms with van der Waals surface area (Å²) in [4.78, 5) is 20.1. The minimum atomic E-state index is -0.0300. The van der Waals surface area contributed by atoms with Gasteiger partial charge in [0.25, 0.3) is 5.56 Å². The number of hydrogen-bond acceptors (Lipinski definition) is 5. The molecule has 0 atom stereocenters. The summed E-state index contributed by atoms with van der Waals surface area (Å²) < 4.78 is 7.48. The Morgan fingerprint density at radius 1 is 1.10 bits per heavy atom. The molecule has 0 saturated carbocycles. The highest BCUT2D eigenvalue weighted by Crippen LogP contribution is 2.30. The second kappa shape index (κ2) is 8.61. The van der Waals surface area contributed by atoms with Crippen molar-refractivity contribution in [1.82, 2.24) is 9.55 Å². The average molecular weight is 443 g/mol. The standard InChI is InChI=1S/C22H19ClN2O2S2/c1-14-15(2)29-20-19(14)21(26)25(16-8-4-3-5-9-16)22(24-20)28-13-12-27-18-11-7-6-10-17(18)23/h3-11H,12-13H2,1-2H3. The number of thiophene rings is 1. The van der Waals surface area contributed by atoms with Crippen molar-refractivity contribution < 1.29 is 4.74 Å². The maximum Gasteiger partial charge on any atom is 0.267 e. The summed E-state index contributed by atoms with van der Waals surface area (Å²) in [7, 11) is 0. The number of nitrogens with zero attached hydrogens (tertiary/aromatic N) is 2. The normalized spacial score (nSPS) is 11.1. The molecule has 7 heteroatoms. The van der Waals surface area contributed by atoms with E-state index < -0.39 is 0 Å². The number of halogens is 1. The third kappa shape index (κ3) is 4.06. The molecule has 0 radical (unpaired) electrons. The Kier molecular flexibility index (Phi) is 5.94. The highest BCUT2D eigenvalue weighted by molar-refractivity contribution is 7.99. The van der Waals surface area contributed by atoms with E-state index in [9.17, 15) is 4.79 Å². The van der Waals surface area contributed by atoms with Gasteiger partial charge in [-0.2, -0.15) is 0 Å². The molecule has 0 spiro atoms. The zero-order valence-electron chi connectivity index (χ0n) is 16.0. The lowest BCUT2D eigenvalue weighted by atomic mass is 10.2. The number of thioether (sulfide) groups is 1. The second-order valence-electron chi connectivity index (χ2n) is 6.46. The van der Waals surface area contributed by atoms with Crippen LogP contribution in [0.1, 0.15) is 10.4 Å². The highest BCUT2D eigenvalue weighted by atomic mass is 35.5. The molecule has 0 unspecified atom stereocenters. The Morgan fingerprint density at radius 3 is 2.59 bits per heavy atom. The Balaban J connectivity index is 1.66. The first-order valence-electron chi connectivity index (χ1n) is 9.14. The predicted molar refractivity (Wildman–Crippen MR) is 122 cm³/mol. The van der Waals surface area contributed by atoms with Crippen LogP contribution < -0.4 is 10.3 Å². The van der Waals surface area contributed by atoms with Crippen LogP contribution >= 0.6 is 34.7 Å². The summed E-state index contributed by atoms with van der Waals surface area (Å²) in [5.41, 5.74) is 1.79. The van der Waals surface area contributed by atoms with Gasteiger partial charge >= 0.3 is 0 Å². The van der Waals surface area contributed by atoms with E-state index in [2.05, 4.69) is 0 Å². The van der Waals surface area contributed by atoms with Gasteiger partial charge < -0.3 is 4.74 Å². The fourth-order valence-electron chi connectivity index (χ4n) is 3.02. The van der Waals surface area contributed by atoms with E-state index in [0.717, 1.165) is 21.0 Å². The summed E-state index contributed by atoms with van der Waals surface area (Å²) in [6, 6.07) is 17.0. The van der Waals surface area contributed by atoms with Crippen molar-refractivity contribution in [1.29, 1.82) is 0 Å². The van der Waals surface area contributed by atoms with Crippen LogP contribution in [0.5, 0.6) is 5.75 Å². The van der Waals surface area contributed by atoms with Gasteiger partial charge in [0.1, 0.15) is 10.6 Å². The molecule has 2 aromatic heterocycles. The van der Waals surface area contributed by atoms with E-state index in [1.54, 1.807) is 22.0 Å². The summed E-state index contributed by atoms with van der Waals surface area (Å²) in [5.74, 6) is 1.29. The second-order valence-corrected chi connectivity index (χ2v) is 9.13. The van der Waals surface area contributed by atoms with Crippen LogP contribution in [0.4, 0.5) is 0 Å². The average Bonchev–Trinajstić information content (AvgIpc) is 3.01. The summed E-state index contributed by atoms with van der Waals surface area (Å²) in [5, 5.41) is 1.95. The molecule has 0 aliphatic rings. The number of rotatable bonds is 6. The topological polar surface area (TPSA) is 44.1 Å². The summed E-state index contributed by atoms with van der Waals surface area (Å²) in [6.07, 6.45) is 0. The first kappa shape index (κ1) is 20.0. The molecule has 4 rings (SSSR count). The van der Waals surface area contributed by atoms with Crippen LogP contribution in [-0.4, -0.2) is 21.9 Å². The maximum absolute atomic E-state index is 13.4. The lowest BCUT2D eigenvalue weighted by molar-refractivity contribution is 0.344. The van der Waals surface area contributed by atoms with Crippen LogP contribution in [-0.2, 0) is 0 Å². The zero-order chi connectivity index (χ0) is 20.4. The van der Waals surface area contributed by atoms with Crippen molar-refractivity contribution in [2.75, 3.05) is 12.4 Å². The third-order valence-corrected chi connectivity index (χ3v) is 6.91. The number of aryl methyl sites for hydroxylation is 2. The Labute approximate surface area is 182 Å². The minimum Gasteiger partial charge on any atom is -0.491 e. The van der Waals surface area contributed by atoms with Gasteiger partial charge in [-0.25, -0.2) is 4.98 Å². The van der Waals surface area contributed by atoms with Gasteiger partial charge in [-0.15, -0.1) is 11.3 Å². The molecule has 0 fully saturated rings. The van der Waals surface area contributed by atoms with E-state index in [0.29, 0.717) is 33.7 Å². The Hall–Kier alpha value is -2.28. The van der Waals surface area contributed by atoms with Crippen LogP contribution in [0.15, 0.2) is 64.5 Å². The van der Waals surface area contributed by atoms with E-state index in [-0.39, 0.29) is 5.56 Å². The summed E-state index contributed by atoms with van der Waals surface area (Å²) in [6.45, 7) is 4.47. The molecule has 148 valence electrons. The third-order valence-electron chi connectivity index (χ3n) is 4.60. The fourth-order valence-corrected chi connectivity index (χ4v) is 5.11. The lowest BCUT2D eigenvalue weighted by Gasteiger charge is -2.13. The number of aromatic nitrogens is 2. The molecule has 4 nitrogen and oxygen atoms in total. The van der Waals surface area contributed by atoms with Crippen LogP contribution in [0.25, 0.3) is 15.9 Å². The zero-order valence-corrected chi connectivity index (χ0v) is 18.4. The quantitative estimate of drug-likeness (QED) is 0.212. The fraction of sp³-hybridized carbons (Fsp3) is 0.182. The predicted octanol–water partition coefficient (Wildman–Crippen LogP) is 5.89. The number of fused-ring (bicyclic) bond motifs is 1. The number of hydrogen-bond donors (Lipinski definition) is 0. The molecule has 0 bridgehead atoms. The smallest absolute Gasteiger partial charge is 0.267 e. The molecule has 4 aromatic rings. The van der Waals surface area contributed by atoms with Gasteiger partial charge in [0, 0.05) is 10.6 Å². The first-order valence-corrected chi connectivity index (χ1v) is 11.3. The van der Waals surface area contributed by atoms with E-state index in [4.69, 9.17) is 21.3 Å².